The molecule has 9 nitrogen and oxygen atoms in total. The van der Waals surface area contributed by atoms with Crippen LogP contribution in [-0.4, -0.2) is 69.1 Å². The molecule has 3 aromatic rings. The van der Waals surface area contributed by atoms with Crippen molar-refractivity contribution in [2.75, 3.05) is 26.5 Å². The highest BCUT2D eigenvalue weighted by Gasteiger charge is 2.39. The zero-order valence-electron chi connectivity index (χ0n) is 21.4. The topological polar surface area (TPSA) is 114 Å². The van der Waals surface area contributed by atoms with Crippen molar-refractivity contribution in [3.63, 3.8) is 0 Å². The Kier molecular flexibility index (Phi) is 8.28. The van der Waals surface area contributed by atoms with Crippen LogP contribution in [-0.2, 0) is 20.3 Å². The van der Waals surface area contributed by atoms with Crippen molar-refractivity contribution in [3.8, 4) is 28.1 Å². The number of alkyl carbamates (subject to hydrolysis) is 1. The monoisotopic (exact) mass is 564 g/mol. The van der Waals surface area contributed by atoms with Gasteiger partial charge in [0.25, 0.3) is 0 Å². The molecule has 2 heterocycles. The molecule has 208 valence electrons. The van der Waals surface area contributed by atoms with Gasteiger partial charge in [-0.05, 0) is 36.1 Å². The van der Waals surface area contributed by atoms with Crippen molar-refractivity contribution < 1.29 is 36.4 Å². The number of likely N-dealkylation sites (tertiary alicyclic amines) is 1. The highest BCUT2D eigenvalue weighted by Crippen LogP contribution is 2.37. The maximum Gasteiger partial charge on any atom is 0.573 e. The highest BCUT2D eigenvalue weighted by atomic mass is 32.2. The molecule has 0 spiro atoms. The fourth-order valence-electron chi connectivity index (χ4n) is 4.45. The van der Waals surface area contributed by atoms with Crippen LogP contribution in [0.25, 0.3) is 22.4 Å². The van der Waals surface area contributed by atoms with Gasteiger partial charge in [0, 0.05) is 29.2 Å². The van der Waals surface area contributed by atoms with Gasteiger partial charge in [0.2, 0.25) is 5.91 Å². The molecule has 1 aromatic heterocycles. The number of nitrogens with zero attached hydrogens (tertiary/aromatic N) is 2. The van der Waals surface area contributed by atoms with Crippen LogP contribution in [0.3, 0.4) is 0 Å². The van der Waals surface area contributed by atoms with Gasteiger partial charge in [-0.15, -0.1) is 13.2 Å². The number of halogens is 3. The average molecular weight is 565 g/mol. The minimum absolute atomic E-state index is 0.249. The van der Waals surface area contributed by atoms with Crippen molar-refractivity contribution in [2.45, 2.75) is 31.0 Å². The van der Waals surface area contributed by atoms with Crippen molar-refractivity contribution in [1.82, 2.24) is 20.2 Å². The fourth-order valence-corrected chi connectivity index (χ4v) is 5.28. The summed E-state index contributed by atoms with van der Waals surface area (Å²) in [5.74, 6) is -0.155. The zero-order chi connectivity index (χ0) is 28.3. The number of rotatable bonds is 7. The second-order valence-corrected chi connectivity index (χ2v) is 10.7. The van der Waals surface area contributed by atoms with E-state index in [1.807, 2.05) is 0 Å². The van der Waals surface area contributed by atoms with Gasteiger partial charge in [0.15, 0.2) is 0 Å². The summed E-state index contributed by atoms with van der Waals surface area (Å²) in [4.78, 5) is 33.4. The number of ether oxygens (including phenoxy) is 2. The van der Waals surface area contributed by atoms with E-state index in [1.54, 1.807) is 55.8 Å². The minimum atomic E-state index is -4.82. The maximum atomic E-state index is 12.9. The summed E-state index contributed by atoms with van der Waals surface area (Å²) in [6.45, 7) is 1.65. The van der Waals surface area contributed by atoms with E-state index in [9.17, 15) is 27.0 Å². The number of carbonyl (C=O) groups excluding carboxylic acids is 2. The van der Waals surface area contributed by atoms with Gasteiger partial charge >= 0.3 is 12.5 Å². The number of imidazole rings is 1. The molecular weight excluding hydrogens is 537 g/mol. The third kappa shape index (κ3) is 6.77. The lowest BCUT2D eigenvalue weighted by molar-refractivity contribution is -0.274. The van der Waals surface area contributed by atoms with Crippen LogP contribution in [0.5, 0.6) is 5.75 Å². The van der Waals surface area contributed by atoms with Crippen LogP contribution in [0.15, 0.2) is 48.7 Å². The Balaban J connectivity index is 1.55. The maximum absolute atomic E-state index is 12.9. The molecule has 0 radical (unpaired) electrons. The summed E-state index contributed by atoms with van der Waals surface area (Å²) in [5.41, 5.74) is 2.83. The van der Waals surface area contributed by atoms with Crippen LogP contribution in [0.4, 0.5) is 18.0 Å². The average Bonchev–Trinajstić information content (AvgIpc) is 3.54. The first-order valence-corrected chi connectivity index (χ1v) is 13.5. The van der Waals surface area contributed by atoms with Crippen LogP contribution in [0.2, 0.25) is 0 Å². The van der Waals surface area contributed by atoms with Gasteiger partial charge < -0.3 is 24.7 Å². The molecule has 3 unspecified atom stereocenters. The van der Waals surface area contributed by atoms with E-state index >= 15 is 0 Å². The Hall–Kier alpha value is -3.87. The first-order valence-electron chi connectivity index (χ1n) is 11.9. The van der Waals surface area contributed by atoms with Crippen molar-refractivity contribution in [2.24, 2.45) is 0 Å². The molecule has 1 aliphatic rings. The van der Waals surface area contributed by atoms with Crippen LogP contribution >= 0.6 is 0 Å². The van der Waals surface area contributed by atoms with Gasteiger partial charge in [0.1, 0.15) is 18.1 Å². The number of hydrogen-bond acceptors (Lipinski definition) is 6. The number of methoxy groups -OCH3 is 1. The molecule has 13 heteroatoms. The number of aryl methyl sites for hydroxylation is 1. The Morgan fingerprint density at radius 2 is 1.87 bits per heavy atom. The number of H-pyrrole nitrogens is 1. The summed E-state index contributed by atoms with van der Waals surface area (Å²) in [6.07, 6.45) is -1.95. The first-order chi connectivity index (χ1) is 18.4. The second-order valence-electron chi connectivity index (χ2n) is 9.07. The van der Waals surface area contributed by atoms with Crippen LogP contribution < -0.4 is 10.1 Å². The third-order valence-electron chi connectivity index (χ3n) is 6.40. The third-order valence-corrected chi connectivity index (χ3v) is 7.68. The molecule has 39 heavy (non-hydrogen) atoms. The lowest BCUT2D eigenvalue weighted by Crippen LogP contribution is -2.40. The highest BCUT2D eigenvalue weighted by molar-refractivity contribution is 7.84. The summed E-state index contributed by atoms with van der Waals surface area (Å²) in [7, 11) is 0.0207. The normalized spacial score (nSPS) is 18.1. The standard InChI is InChI=1S/C26H27F3N4O5S/c1-15-4-9-19(22(10-15)38-26(27,28)29)16-5-7-17(8-6-16)20-12-30-24(32-20)21-11-18(39(3)36)14-33(21)23(34)13-31-25(35)37-2/h4-10,12,18,21H,11,13-14H2,1-3H3,(H,30,32)(H,31,35). The molecule has 2 N–H and O–H groups in total. The number of amides is 2. The van der Waals surface area contributed by atoms with E-state index in [4.69, 9.17) is 0 Å². The number of benzene rings is 2. The molecule has 0 bridgehead atoms. The number of aromatic nitrogens is 2. The summed E-state index contributed by atoms with van der Waals surface area (Å²) >= 11 is 0. The van der Waals surface area contributed by atoms with Gasteiger partial charge in [-0.25, -0.2) is 9.78 Å². The quantitative estimate of drug-likeness (QED) is 0.442. The Morgan fingerprint density at radius 1 is 1.18 bits per heavy atom. The number of carbonyl (C=O) groups is 2. The van der Waals surface area contributed by atoms with E-state index in [-0.39, 0.29) is 30.0 Å². The predicted molar refractivity (Wildman–Crippen MR) is 138 cm³/mol. The van der Waals surface area contributed by atoms with Gasteiger partial charge in [0.05, 0.1) is 30.3 Å². The van der Waals surface area contributed by atoms with Gasteiger partial charge in [-0.3, -0.25) is 9.00 Å². The summed E-state index contributed by atoms with van der Waals surface area (Å²) in [6, 6.07) is 11.0. The Labute approximate surface area is 225 Å². The minimum Gasteiger partial charge on any atom is -0.453 e. The first kappa shape index (κ1) is 28.1. The van der Waals surface area contributed by atoms with Crippen LogP contribution in [0.1, 0.15) is 23.9 Å². The summed E-state index contributed by atoms with van der Waals surface area (Å²) in [5, 5.41) is 2.11. The Morgan fingerprint density at radius 3 is 2.51 bits per heavy atom. The second kappa shape index (κ2) is 11.5. The molecule has 1 aliphatic heterocycles. The number of nitrogens with one attached hydrogen (secondary N) is 2. The Bertz CT molecular complexity index is 1380. The molecule has 1 saturated heterocycles. The zero-order valence-corrected chi connectivity index (χ0v) is 22.2. The van der Waals surface area contributed by atoms with Crippen LogP contribution in [0, 0.1) is 6.92 Å². The number of alkyl halides is 3. The number of aromatic amines is 1. The van der Waals surface area contributed by atoms with E-state index < -0.39 is 29.3 Å². The largest absolute Gasteiger partial charge is 0.573 e. The van der Waals surface area contributed by atoms with E-state index in [0.717, 1.165) is 5.56 Å². The van der Waals surface area contributed by atoms with Crippen molar-refractivity contribution in [1.29, 1.82) is 0 Å². The molecular formula is C26H27F3N4O5S. The molecule has 1 fully saturated rings. The van der Waals surface area contributed by atoms with Crippen molar-refractivity contribution in [3.05, 3.63) is 60.0 Å². The smallest absolute Gasteiger partial charge is 0.453 e. The lowest BCUT2D eigenvalue weighted by atomic mass is 10.0. The lowest BCUT2D eigenvalue weighted by Gasteiger charge is -2.23. The predicted octanol–water partition coefficient (Wildman–Crippen LogP) is 4.33. The SMILES string of the molecule is COC(=O)NCC(=O)N1CC(S(C)=O)CC1c1ncc(-c2ccc(-c3ccc(C)cc3OC(F)(F)F)cc2)[nH]1. The molecule has 4 rings (SSSR count). The van der Waals surface area contributed by atoms with E-state index in [0.29, 0.717) is 34.6 Å². The molecule has 0 aliphatic carbocycles. The van der Waals surface area contributed by atoms with Gasteiger partial charge in [-0.2, -0.15) is 0 Å². The van der Waals surface area contributed by atoms with E-state index in [1.165, 1.54) is 18.1 Å². The van der Waals surface area contributed by atoms with E-state index in [2.05, 4.69) is 24.8 Å². The number of hydrogen-bond donors (Lipinski definition) is 2. The van der Waals surface area contributed by atoms with Crippen molar-refractivity contribution >= 4 is 22.8 Å². The molecule has 0 saturated carbocycles. The molecule has 2 aromatic carbocycles. The molecule has 3 atom stereocenters. The molecule has 2 amide bonds. The van der Waals surface area contributed by atoms with Gasteiger partial charge in [-0.1, -0.05) is 36.4 Å². The summed E-state index contributed by atoms with van der Waals surface area (Å²) < 4.78 is 59.7. The fraction of sp³-hybridized carbons (Fsp3) is 0.346.